The molecule has 1 heterocycles. The third-order valence-electron chi connectivity index (χ3n) is 2.08. The van der Waals surface area contributed by atoms with Gasteiger partial charge in [0, 0.05) is 13.1 Å². The van der Waals surface area contributed by atoms with E-state index < -0.39 is 5.60 Å². The van der Waals surface area contributed by atoms with Crippen molar-refractivity contribution in [3.05, 3.63) is 0 Å². The van der Waals surface area contributed by atoms with Crippen molar-refractivity contribution in [3.8, 4) is 0 Å². The summed E-state index contributed by atoms with van der Waals surface area (Å²) in [5, 5.41) is 0. The van der Waals surface area contributed by atoms with E-state index in [0.29, 0.717) is 26.1 Å². The topological polar surface area (TPSA) is 55.8 Å². The maximum absolute atomic E-state index is 11.5. The summed E-state index contributed by atoms with van der Waals surface area (Å²) in [6.45, 7) is 7.21. The van der Waals surface area contributed by atoms with Crippen LogP contribution in [0.5, 0.6) is 0 Å². The molecule has 1 aliphatic heterocycles. The predicted octanol–water partition coefficient (Wildman–Crippen LogP) is 0.577. The Balaban J connectivity index is 2.36. The third kappa shape index (κ3) is 5.11. The summed E-state index contributed by atoms with van der Waals surface area (Å²) in [7, 11) is 0. The number of hydrogen-bond acceptors (Lipinski definition) is 5. The molecule has 0 aromatic rings. The zero-order valence-corrected chi connectivity index (χ0v) is 10.1. The summed E-state index contributed by atoms with van der Waals surface area (Å²) >= 11 is 0. The molecule has 5 nitrogen and oxygen atoms in total. The Morgan fingerprint density at radius 1 is 1.44 bits per heavy atom. The Labute approximate surface area is 95.7 Å². The van der Waals surface area contributed by atoms with Crippen molar-refractivity contribution in [2.45, 2.75) is 32.8 Å². The van der Waals surface area contributed by atoms with Gasteiger partial charge in [-0.25, -0.2) is 0 Å². The molecule has 92 valence electrons. The van der Waals surface area contributed by atoms with E-state index in [1.807, 2.05) is 25.7 Å². The molecule has 0 saturated carbocycles. The van der Waals surface area contributed by atoms with Gasteiger partial charge in [0.05, 0.1) is 13.0 Å². The van der Waals surface area contributed by atoms with E-state index in [1.54, 1.807) is 0 Å². The number of hydrogen-bond donors (Lipinski definition) is 0. The van der Waals surface area contributed by atoms with Gasteiger partial charge in [0.25, 0.3) is 0 Å². The predicted molar refractivity (Wildman–Crippen MR) is 57.9 cm³/mol. The Bertz CT molecular complexity index is 270. The summed E-state index contributed by atoms with van der Waals surface area (Å²) in [4.78, 5) is 24.4. The molecule has 0 amide bonds. The largest absolute Gasteiger partial charge is 0.464 e. The molecular weight excluding hydrogens is 210 g/mol. The minimum Gasteiger partial charge on any atom is -0.464 e. The lowest BCUT2D eigenvalue weighted by molar-refractivity contribution is -0.156. The molecule has 1 fully saturated rings. The van der Waals surface area contributed by atoms with Crippen molar-refractivity contribution in [3.63, 3.8) is 0 Å². The SMILES string of the molecule is CC(C)(C)OC(=O)CN1CCOC(=O)CC1. The zero-order chi connectivity index (χ0) is 12.2. The van der Waals surface area contributed by atoms with Gasteiger partial charge in [0.2, 0.25) is 0 Å². The van der Waals surface area contributed by atoms with Crippen molar-refractivity contribution >= 4 is 11.9 Å². The summed E-state index contributed by atoms with van der Waals surface area (Å²) in [5.74, 6) is -0.464. The van der Waals surface area contributed by atoms with Gasteiger partial charge in [-0.3, -0.25) is 14.5 Å². The van der Waals surface area contributed by atoms with E-state index >= 15 is 0 Å². The number of carbonyl (C=O) groups is 2. The number of cyclic esters (lactones) is 1. The smallest absolute Gasteiger partial charge is 0.320 e. The first-order valence-electron chi connectivity index (χ1n) is 5.47. The lowest BCUT2D eigenvalue weighted by Gasteiger charge is -2.23. The highest BCUT2D eigenvalue weighted by Crippen LogP contribution is 2.08. The van der Waals surface area contributed by atoms with Gasteiger partial charge in [-0.05, 0) is 20.8 Å². The van der Waals surface area contributed by atoms with E-state index in [0.717, 1.165) is 0 Å². The van der Waals surface area contributed by atoms with Crippen LogP contribution in [0.25, 0.3) is 0 Å². The molecule has 0 radical (unpaired) electrons. The minimum atomic E-state index is -0.463. The van der Waals surface area contributed by atoms with Crippen LogP contribution in [0.15, 0.2) is 0 Å². The van der Waals surface area contributed by atoms with Gasteiger partial charge in [0.1, 0.15) is 12.2 Å². The van der Waals surface area contributed by atoms with Gasteiger partial charge >= 0.3 is 11.9 Å². The highest BCUT2D eigenvalue weighted by Gasteiger charge is 2.21. The zero-order valence-electron chi connectivity index (χ0n) is 10.1. The van der Waals surface area contributed by atoms with E-state index in [9.17, 15) is 9.59 Å². The highest BCUT2D eigenvalue weighted by atomic mass is 16.6. The second-order valence-electron chi connectivity index (χ2n) is 4.83. The number of nitrogens with zero attached hydrogens (tertiary/aromatic N) is 1. The standard InChI is InChI=1S/C11H19NO4/c1-11(2,3)16-10(14)8-12-5-4-9(13)15-7-6-12/h4-8H2,1-3H3. The molecule has 0 aliphatic carbocycles. The Morgan fingerprint density at radius 2 is 2.12 bits per heavy atom. The monoisotopic (exact) mass is 229 g/mol. The Morgan fingerprint density at radius 3 is 2.75 bits per heavy atom. The summed E-state index contributed by atoms with van der Waals surface area (Å²) in [6, 6.07) is 0. The third-order valence-corrected chi connectivity index (χ3v) is 2.08. The first kappa shape index (κ1) is 13.0. The first-order valence-corrected chi connectivity index (χ1v) is 5.47. The van der Waals surface area contributed by atoms with Crippen LogP contribution >= 0.6 is 0 Å². The molecule has 0 spiro atoms. The molecule has 0 bridgehead atoms. The van der Waals surface area contributed by atoms with Gasteiger partial charge in [-0.2, -0.15) is 0 Å². The van der Waals surface area contributed by atoms with Crippen molar-refractivity contribution in [2.24, 2.45) is 0 Å². The second kappa shape index (κ2) is 5.30. The molecule has 1 rings (SSSR count). The van der Waals surface area contributed by atoms with E-state index in [1.165, 1.54) is 0 Å². The normalized spacial score (nSPS) is 18.8. The molecule has 0 atom stereocenters. The van der Waals surface area contributed by atoms with Crippen LogP contribution in [-0.2, 0) is 19.1 Å². The average molecular weight is 229 g/mol. The van der Waals surface area contributed by atoms with Gasteiger partial charge < -0.3 is 9.47 Å². The molecule has 0 N–H and O–H groups in total. The molecule has 16 heavy (non-hydrogen) atoms. The van der Waals surface area contributed by atoms with Crippen molar-refractivity contribution in [1.82, 2.24) is 4.90 Å². The second-order valence-corrected chi connectivity index (χ2v) is 4.83. The van der Waals surface area contributed by atoms with E-state index in [4.69, 9.17) is 9.47 Å². The lowest BCUT2D eigenvalue weighted by Crippen LogP contribution is -2.36. The highest BCUT2D eigenvalue weighted by molar-refractivity contribution is 5.73. The molecule has 5 heteroatoms. The number of carbonyl (C=O) groups excluding carboxylic acids is 2. The van der Waals surface area contributed by atoms with E-state index in [-0.39, 0.29) is 18.5 Å². The molecule has 0 aromatic heterocycles. The first-order chi connectivity index (χ1) is 7.37. The molecule has 0 unspecified atom stereocenters. The van der Waals surface area contributed by atoms with Crippen LogP contribution < -0.4 is 0 Å². The minimum absolute atomic E-state index is 0.202. The van der Waals surface area contributed by atoms with Crippen LogP contribution in [0, 0.1) is 0 Å². The Kier molecular flexibility index (Phi) is 4.29. The molecule has 1 saturated heterocycles. The van der Waals surface area contributed by atoms with Crippen LogP contribution in [0.4, 0.5) is 0 Å². The van der Waals surface area contributed by atoms with Gasteiger partial charge in [-0.15, -0.1) is 0 Å². The maximum atomic E-state index is 11.5. The number of ether oxygens (including phenoxy) is 2. The fourth-order valence-corrected chi connectivity index (χ4v) is 1.44. The van der Waals surface area contributed by atoms with Crippen LogP contribution in [0.2, 0.25) is 0 Å². The van der Waals surface area contributed by atoms with Gasteiger partial charge in [-0.1, -0.05) is 0 Å². The fraction of sp³-hybridized carbons (Fsp3) is 0.818. The van der Waals surface area contributed by atoms with Crippen molar-refractivity contribution in [1.29, 1.82) is 0 Å². The Hall–Kier alpha value is -1.10. The molecule has 1 aliphatic rings. The summed E-state index contributed by atoms with van der Waals surface area (Å²) < 4.78 is 10.1. The summed E-state index contributed by atoms with van der Waals surface area (Å²) in [6.07, 6.45) is 0.336. The molecular formula is C11H19NO4. The van der Waals surface area contributed by atoms with Crippen LogP contribution in [0.1, 0.15) is 27.2 Å². The van der Waals surface area contributed by atoms with Crippen LogP contribution in [0.3, 0.4) is 0 Å². The number of esters is 2. The van der Waals surface area contributed by atoms with Crippen LogP contribution in [-0.4, -0.2) is 48.7 Å². The number of rotatable bonds is 2. The van der Waals surface area contributed by atoms with E-state index in [2.05, 4.69) is 0 Å². The fourth-order valence-electron chi connectivity index (χ4n) is 1.44. The average Bonchev–Trinajstić information content (AvgIpc) is 2.27. The summed E-state index contributed by atoms with van der Waals surface area (Å²) in [5.41, 5.74) is -0.463. The van der Waals surface area contributed by atoms with Crippen molar-refractivity contribution < 1.29 is 19.1 Å². The molecule has 0 aromatic carbocycles. The van der Waals surface area contributed by atoms with Crippen molar-refractivity contribution in [2.75, 3.05) is 26.2 Å². The maximum Gasteiger partial charge on any atom is 0.320 e. The quantitative estimate of drug-likeness (QED) is 0.648. The lowest BCUT2D eigenvalue weighted by atomic mass is 10.2. The van der Waals surface area contributed by atoms with Gasteiger partial charge in [0.15, 0.2) is 0 Å².